The van der Waals surface area contributed by atoms with Crippen LogP contribution in [0, 0.1) is 6.92 Å². The first-order valence-electron chi connectivity index (χ1n) is 8.07. The van der Waals surface area contributed by atoms with Crippen molar-refractivity contribution in [2.45, 2.75) is 19.3 Å². The first-order valence-corrected chi connectivity index (χ1v) is 8.07. The van der Waals surface area contributed by atoms with Gasteiger partial charge in [-0.25, -0.2) is 0 Å². The van der Waals surface area contributed by atoms with Crippen LogP contribution in [-0.4, -0.2) is 34.2 Å². The number of aldehydes is 1. The van der Waals surface area contributed by atoms with Gasteiger partial charge >= 0.3 is 0 Å². The van der Waals surface area contributed by atoms with E-state index in [1.165, 1.54) is 0 Å². The quantitative estimate of drug-likeness (QED) is 0.648. The lowest BCUT2D eigenvalue weighted by molar-refractivity contribution is -0.109. The standard InChI is InChI=1S/C20H24O5/c1-14-5-6-17(23-3)12-20(14)25-10-9-15(13-21)18-11-16(22-2)7-8-19(18)24-4/h5-8,11-13,15H,9-10H2,1-4H3. The minimum absolute atomic E-state index is 0.337. The van der Waals surface area contributed by atoms with Crippen LogP contribution in [-0.2, 0) is 4.79 Å². The number of aryl methyl sites for hydroxylation is 1. The van der Waals surface area contributed by atoms with Gasteiger partial charge in [-0.05, 0) is 43.2 Å². The van der Waals surface area contributed by atoms with Gasteiger partial charge in [0, 0.05) is 17.5 Å². The van der Waals surface area contributed by atoms with Gasteiger partial charge in [0.05, 0.1) is 27.9 Å². The highest BCUT2D eigenvalue weighted by Gasteiger charge is 2.17. The fourth-order valence-electron chi connectivity index (χ4n) is 2.58. The van der Waals surface area contributed by atoms with Crippen LogP contribution in [0.2, 0.25) is 0 Å². The fraction of sp³-hybridized carbons (Fsp3) is 0.350. The molecule has 0 N–H and O–H groups in total. The van der Waals surface area contributed by atoms with Gasteiger partial charge in [-0.2, -0.15) is 0 Å². The molecule has 5 heteroatoms. The Hall–Kier alpha value is -2.69. The molecule has 0 heterocycles. The average Bonchev–Trinajstić information content (AvgIpc) is 2.66. The third-order valence-electron chi connectivity index (χ3n) is 4.08. The number of hydrogen-bond donors (Lipinski definition) is 0. The summed E-state index contributed by atoms with van der Waals surface area (Å²) in [6, 6.07) is 11.1. The molecule has 0 fully saturated rings. The zero-order valence-electron chi connectivity index (χ0n) is 15.1. The Morgan fingerprint density at radius 3 is 2.24 bits per heavy atom. The molecule has 0 bridgehead atoms. The molecule has 0 saturated heterocycles. The molecular formula is C20H24O5. The number of carbonyl (C=O) groups excluding carboxylic acids is 1. The molecule has 1 atom stereocenters. The summed E-state index contributed by atoms with van der Waals surface area (Å²) < 4.78 is 21.7. The number of ether oxygens (including phenoxy) is 4. The highest BCUT2D eigenvalue weighted by Crippen LogP contribution is 2.32. The van der Waals surface area contributed by atoms with Crippen LogP contribution in [0.4, 0.5) is 0 Å². The van der Waals surface area contributed by atoms with E-state index in [9.17, 15) is 4.79 Å². The van der Waals surface area contributed by atoms with Gasteiger partial charge in [0.25, 0.3) is 0 Å². The van der Waals surface area contributed by atoms with E-state index >= 15 is 0 Å². The Bertz CT molecular complexity index is 711. The van der Waals surface area contributed by atoms with Crippen LogP contribution in [0.15, 0.2) is 36.4 Å². The third kappa shape index (κ3) is 4.66. The molecule has 0 aliphatic rings. The van der Waals surface area contributed by atoms with Crippen molar-refractivity contribution in [2.24, 2.45) is 0 Å². The first-order chi connectivity index (χ1) is 12.1. The Morgan fingerprint density at radius 2 is 1.60 bits per heavy atom. The van der Waals surface area contributed by atoms with Gasteiger partial charge in [-0.1, -0.05) is 6.07 Å². The van der Waals surface area contributed by atoms with Crippen molar-refractivity contribution in [3.05, 3.63) is 47.5 Å². The first kappa shape index (κ1) is 18.6. The lowest BCUT2D eigenvalue weighted by atomic mass is 9.96. The predicted octanol–water partition coefficient (Wildman–Crippen LogP) is 3.77. The van der Waals surface area contributed by atoms with Crippen molar-refractivity contribution >= 4 is 6.29 Å². The molecule has 2 aromatic carbocycles. The second-order valence-electron chi connectivity index (χ2n) is 5.62. The normalized spacial score (nSPS) is 11.5. The summed E-state index contributed by atoms with van der Waals surface area (Å²) in [7, 11) is 4.80. The van der Waals surface area contributed by atoms with E-state index in [0.717, 1.165) is 28.9 Å². The van der Waals surface area contributed by atoms with Gasteiger partial charge in [0.2, 0.25) is 0 Å². The summed E-state index contributed by atoms with van der Waals surface area (Å²) in [5.41, 5.74) is 1.81. The number of hydrogen-bond acceptors (Lipinski definition) is 5. The number of benzene rings is 2. The van der Waals surface area contributed by atoms with E-state index in [4.69, 9.17) is 18.9 Å². The van der Waals surface area contributed by atoms with Crippen LogP contribution in [0.5, 0.6) is 23.0 Å². The zero-order chi connectivity index (χ0) is 18.2. The molecule has 0 amide bonds. The van der Waals surface area contributed by atoms with E-state index < -0.39 is 0 Å². The number of rotatable bonds is 9. The maximum absolute atomic E-state index is 11.6. The molecule has 0 radical (unpaired) electrons. The summed E-state index contributed by atoms with van der Waals surface area (Å²) in [6.45, 7) is 2.37. The van der Waals surface area contributed by atoms with E-state index in [-0.39, 0.29) is 5.92 Å². The molecule has 5 nitrogen and oxygen atoms in total. The van der Waals surface area contributed by atoms with Gasteiger partial charge in [0.1, 0.15) is 29.3 Å². The Morgan fingerprint density at radius 1 is 0.920 bits per heavy atom. The highest BCUT2D eigenvalue weighted by molar-refractivity contribution is 5.65. The molecule has 1 unspecified atom stereocenters. The van der Waals surface area contributed by atoms with Crippen molar-refractivity contribution in [2.75, 3.05) is 27.9 Å². The molecule has 134 valence electrons. The maximum Gasteiger partial charge on any atom is 0.127 e. The SMILES string of the molecule is COc1ccc(C)c(OCCC(C=O)c2cc(OC)ccc2OC)c1. The van der Waals surface area contributed by atoms with Gasteiger partial charge in [0.15, 0.2) is 0 Å². The zero-order valence-corrected chi connectivity index (χ0v) is 15.1. The molecule has 2 rings (SSSR count). The molecule has 25 heavy (non-hydrogen) atoms. The molecule has 0 aromatic heterocycles. The molecule has 0 spiro atoms. The monoisotopic (exact) mass is 344 g/mol. The largest absolute Gasteiger partial charge is 0.497 e. The molecule has 0 aliphatic carbocycles. The third-order valence-corrected chi connectivity index (χ3v) is 4.08. The smallest absolute Gasteiger partial charge is 0.127 e. The molecule has 0 saturated carbocycles. The van der Waals surface area contributed by atoms with Gasteiger partial charge in [-0.3, -0.25) is 0 Å². The molecule has 0 aliphatic heterocycles. The van der Waals surface area contributed by atoms with Crippen molar-refractivity contribution in [3.63, 3.8) is 0 Å². The van der Waals surface area contributed by atoms with Crippen LogP contribution >= 0.6 is 0 Å². The Labute approximate surface area is 148 Å². The van der Waals surface area contributed by atoms with Gasteiger partial charge < -0.3 is 23.7 Å². The Balaban J connectivity index is 2.09. The summed E-state index contributed by atoms with van der Waals surface area (Å²) in [6.07, 6.45) is 1.45. The highest BCUT2D eigenvalue weighted by atomic mass is 16.5. The number of carbonyl (C=O) groups is 1. The van der Waals surface area contributed by atoms with E-state index in [2.05, 4.69) is 0 Å². The second-order valence-corrected chi connectivity index (χ2v) is 5.62. The Kier molecular flexibility index (Phi) is 6.69. The van der Waals surface area contributed by atoms with Gasteiger partial charge in [-0.15, -0.1) is 0 Å². The molecule has 2 aromatic rings. The number of methoxy groups -OCH3 is 3. The summed E-state index contributed by atoms with van der Waals surface area (Å²) in [5.74, 6) is 2.50. The summed E-state index contributed by atoms with van der Waals surface area (Å²) in [5, 5.41) is 0. The fourth-order valence-corrected chi connectivity index (χ4v) is 2.58. The van der Waals surface area contributed by atoms with Crippen LogP contribution in [0.3, 0.4) is 0 Å². The van der Waals surface area contributed by atoms with Crippen LogP contribution in [0.25, 0.3) is 0 Å². The second kappa shape index (κ2) is 8.97. The predicted molar refractivity (Wildman–Crippen MR) is 96.2 cm³/mol. The van der Waals surface area contributed by atoms with Crippen molar-refractivity contribution < 1.29 is 23.7 Å². The summed E-state index contributed by atoms with van der Waals surface area (Å²) >= 11 is 0. The average molecular weight is 344 g/mol. The van der Waals surface area contributed by atoms with Crippen molar-refractivity contribution in [3.8, 4) is 23.0 Å². The summed E-state index contributed by atoms with van der Waals surface area (Å²) in [4.78, 5) is 11.6. The lowest BCUT2D eigenvalue weighted by Gasteiger charge is -2.17. The van der Waals surface area contributed by atoms with E-state index in [1.54, 1.807) is 33.5 Å². The minimum atomic E-state index is -0.337. The van der Waals surface area contributed by atoms with Crippen LogP contribution < -0.4 is 18.9 Å². The van der Waals surface area contributed by atoms with Crippen molar-refractivity contribution in [1.82, 2.24) is 0 Å². The topological polar surface area (TPSA) is 54.0 Å². The van der Waals surface area contributed by atoms with E-state index in [0.29, 0.717) is 24.5 Å². The van der Waals surface area contributed by atoms with Crippen LogP contribution in [0.1, 0.15) is 23.5 Å². The maximum atomic E-state index is 11.6. The lowest BCUT2D eigenvalue weighted by Crippen LogP contribution is -2.09. The van der Waals surface area contributed by atoms with E-state index in [1.807, 2.05) is 31.2 Å². The molecular weight excluding hydrogens is 320 g/mol. The minimum Gasteiger partial charge on any atom is -0.497 e. The van der Waals surface area contributed by atoms with Crippen molar-refractivity contribution in [1.29, 1.82) is 0 Å².